The molecule has 2 N–H and O–H groups in total. The third-order valence-corrected chi connectivity index (χ3v) is 5.63. The maximum atomic E-state index is 12.2. The van der Waals surface area contributed by atoms with Gasteiger partial charge >= 0.3 is 0 Å². The van der Waals surface area contributed by atoms with Crippen LogP contribution in [-0.2, 0) is 17.6 Å². The smallest absolute Gasteiger partial charge is 0.279 e. The number of ether oxygens (including phenoxy) is 3. The first-order valence-corrected chi connectivity index (χ1v) is 9.72. The number of carbonyl (C=O) groups excluding carboxylic acids is 2. The lowest BCUT2D eigenvalue weighted by Crippen LogP contribution is -2.41. The normalized spacial score (nSPS) is 10.3. The van der Waals surface area contributed by atoms with Crippen LogP contribution in [-0.4, -0.2) is 33.1 Å². The monoisotopic (exact) mass is 406 g/mol. The molecule has 2 amide bonds. The second kappa shape index (κ2) is 9.98. The van der Waals surface area contributed by atoms with Crippen LogP contribution in [0.1, 0.15) is 39.0 Å². The highest BCUT2D eigenvalue weighted by Crippen LogP contribution is 2.38. The van der Waals surface area contributed by atoms with Gasteiger partial charge in [0.15, 0.2) is 11.5 Å². The highest BCUT2D eigenvalue weighted by Gasteiger charge is 2.15. The van der Waals surface area contributed by atoms with Crippen molar-refractivity contribution >= 4 is 23.2 Å². The van der Waals surface area contributed by atoms with Gasteiger partial charge in [-0.2, -0.15) is 0 Å². The Hall–Kier alpha value is -2.74. The van der Waals surface area contributed by atoms with Crippen LogP contribution in [0.4, 0.5) is 0 Å². The zero-order valence-corrected chi connectivity index (χ0v) is 17.6. The SMILES string of the molecule is CCc1sc(C(=O)NNC(=O)CCc2cc(OC)c(OC)c(OC)c2)cc1C. The molecule has 1 aromatic heterocycles. The first kappa shape index (κ1) is 21.6. The van der Waals surface area contributed by atoms with E-state index in [1.165, 1.54) is 23.3 Å². The van der Waals surface area contributed by atoms with Gasteiger partial charge in [-0.05, 0) is 49.1 Å². The van der Waals surface area contributed by atoms with E-state index in [0.29, 0.717) is 28.5 Å². The fourth-order valence-electron chi connectivity index (χ4n) is 2.77. The van der Waals surface area contributed by atoms with Gasteiger partial charge in [-0.15, -0.1) is 11.3 Å². The van der Waals surface area contributed by atoms with Gasteiger partial charge in [-0.3, -0.25) is 20.4 Å². The van der Waals surface area contributed by atoms with Crippen LogP contribution in [0, 0.1) is 6.92 Å². The van der Waals surface area contributed by atoms with E-state index in [2.05, 4.69) is 10.9 Å². The number of aryl methyl sites for hydroxylation is 3. The average Bonchev–Trinajstić information content (AvgIpc) is 3.10. The molecule has 0 unspecified atom stereocenters. The summed E-state index contributed by atoms with van der Waals surface area (Å²) in [6, 6.07) is 5.43. The molecule has 0 aliphatic heterocycles. The number of hydrazine groups is 1. The lowest BCUT2D eigenvalue weighted by atomic mass is 10.1. The predicted molar refractivity (Wildman–Crippen MR) is 108 cm³/mol. The molecular weight excluding hydrogens is 380 g/mol. The Morgan fingerprint density at radius 3 is 2.14 bits per heavy atom. The van der Waals surface area contributed by atoms with Crippen LogP contribution in [0.2, 0.25) is 0 Å². The van der Waals surface area contributed by atoms with Gasteiger partial charge in [0.25, 0.3) is 5.91 Å². The van der Waals surface area contributed by atoms with Crippen molar-refractivity contribution in [1.29, 1.82) is 0 Å². The molecule has 1 aromatic carbocycles. The summed E-state index contributed by atoms with van der Waals surface area (Å²) in [5, 5.41) is 0. The van der Waals surface area contributed by atoms with Crippen LogP contribution >= 0.6 is 11.3 Å². The predicted octanol–water partition coefficient (Wildman–Crippen LogP) is 3.04. The van der Waals surface area contributed by atoms with E-state index in [4.69, 9.17) is 14.2 Å². The molecule has 0 atom stereocenters. The van der Waals surface area contributed by atoms with Crippen molar-refractivity contribution in [3.8, 4) is 17.2 Å². The molecule has 1 heterocycles. The number of amides is 2. The summed E-state index contributed by atoms with van der Waals surface area (Å²) in [6.07, 6.45) is 1.53. The zero-order chi connectivity index (χ0) is 20.7. The Morgan fingerprint density at radius 2 is 1.64 bits per heavy atom. The van der Waals surface area contributed by atoms with Crippen LogP contribution in [0.3, 0.4) is 0 Å². The molecule has 0 bridgehead atoms. The number of rotatable bonds is 8. The first-order chi connectivity index (χ1) is 13.4. The van der Waals surface area contributed by atoms with Crippen LogP contribution in [0.25, 0.3) is 0 Å². The molecule has 0 aliphatic rings. The van der Waals surface area contributed by atoms with E-state index in [9.17, 15) is 9.59 Å². The van der Waals surface area contributed by atoms with Crippen molar-refractivity contribution in [2.24, 2.45) is 0 Å². The number of hydrogen-bond donors (Lipinski definition) is 2. The molecule has 8 heteroatoms. The van der Waals surface area contributed by atoms with Crippen molar-refractivity contribution in [2.75, 3.05) is 21.3 Å². The van der Waals surface area contributed by atoms with E-state index < -0.39 is 0 Å². The summed E-state index contributed by atoms with van der Waals surface area (Å²) in [6.45, 7) is 4.02. The molecule has 0 saturated heterocycles. The summed E-state index contributed by atoms with van der Waals surface area (Å²) in [5.74, 6) is 0.971. The van der Waals surface area contributed by atoms with E-state index >= 15 is 0 Å². The molecule has 2 rings (SSSR count). The van der Waals surface area contributed by atoms with Gasteiger partial charge in [-0.1, -0.05) is 6.92 Å². The Kier molecular flexibility index (Phi) is 7.69. The van der Waals surface area contributed by atoms with Gasteiger partial charge in [0.1, 0.15) is 0 Å². The van der Waals surface area contributed by atoms with Crippen LogP contribution < -0.4 is 25.1 Å². The van der Waals surface area contributed by atoms with E-state index in [0.717, 1.165) is 17.5 Å². The number of thiophene rings is 1. The Bertz CT molecular complexity index is 822. The average molecular weight is 407 g/mol. The molecule has 0 aliphatic carbocycles. The molecule has 0 radical (unpaired) electrons. The van der Waals surface area contributed by atoms with Crippen LogP contribution in [0.15, 0.2) is 18.2 Å². The third kappa shape index (κ3) is 5.16. The lowest BCUT2D eigenvalue weighted by Gasteiger charge is -2.14. The minimum Gasteiger partial charge on any atom is -0.493 e. The number of nitrogens with one attached hydrogen (secondary N) is 2. The molecule has 0 saturated carbocycles. The Labute approximate surface area is 169 Å². The summed E-state index contributed by atoms with van der Waals surface area (Å²) in [4.78, 5) is 26.0. The maximum absolute atomic E-state index is 12.2. The largest absolute Gasteiger partial charge is 0.493 e. The van der Waals surface area contributed by atoms with E-state index in [1.54, 1.807) is 26.4 Å². The minimum absolute atomic E-state index is 0.197. The Morgan fingerprint density at radius 1 is 1.00 bits per heavy atom. The lowest BCUT2D eigenvalue weighted by molar-refractivity contribution is -0.121. The summed E-state index contributed by atoms with van der Waals surface area (Å²) in [5.41, 5.74) is 6.87. The van der Waals surface area contributed by atoms with Crippen LogP contribution in [0.5, 0.6) is 17.2 Å². The molecule has 2 aromatic rings. The van der Waals surface area contributed by atoms with Gasteiger partial charge in [0.2, 0.25) is 11.7 Å². The number of carbonyl (C=O) groups is 2. The van der Waals surface area contributed by atoms with E-state index in [1.807, 2.05) is 19.9 Å². The molecule has 0 fully saturated rings. The second-order valence-electron chi connectivity index (χ2n) is 6.11. The highest BCUT2D eigenvalue weighted by molar-refractivity contribution is 7.14. The van der Waals surface area contributed by atoms with Crippen molar-refractivity contribution in [2.45, 2.75) is 33.1 Å². The molecule has 152 valence electrons. The van der Waals surface area contributed by atoms with Gasteiger partial charge in [0.05, 0.1) is 26.2 Å². The number of hydrogen-bond acceptors (Lipinski definition) is 6. The zero-order valence-electron chi connectivity index (χ0n) is 16.8. The van der Waals surface area contributed by atoms with E-state index in [-0.39, 0.29) is 18.2 Å². The Balaban J connectivity index is 1.92. The molecule has 28 heavy (non-hydrogen) atoms. The maximum Gasteiger partial charge on any atom is 0.279 e. The van der Waals surface area contributed by atoms with Crippen molar-refractivity contribution in [3.05, 3.63) is 39.1 Å². The van der Waals surface area contributed by atoms with Crippen molar-refractivity contribution in [1.82, 2.24) is 10.9 Å². The quantitative estimate of drug-likeness (QED) is 0.658. The first-order valence-electron chi connectivity index (χ1n) is 8.90. The number of benzene rings is 1. The molecule has 7 nitrogen and oxygen atoms in total. The topological polar surface area (TPSA) is 85.9 Å². The summed E-state index contributed by atoms with van der Waals surface area (Å²) in [7, 11) is 4.62. The van der Waals surface area contributed by atoms with Gasteiger partial charge in [-0.25, -0.2) is 0 Å². The minimum atomic E-state index is -0.311. The standard InChI is InChI=1S/C20H26N2O5S/c1-6-16-12(2)9-17(28-16)20(24)22-21-18(23)8-7-13-10-14(25-3)19(27-5)15(11-13)26-4/h9-11H,6-8H2,1-5H3,(H,21,23)(H,22,24). The fourth-order valence-corrected chi connectivity index (χ4v) is 3.78. The molecular formula is C20H26N2O5S. The van der Waals surface area contributed by atoms with Gasteiger partial charge in [0, 0.05) is 11.3 Å². The van der Waals surface area contributed by atoms with Gasteiger partial charge < -0.3 is 14.2 Å². The third-order valence-electron chi connectivity index (χ3n) is 4.25. The van der Waals surface area contributed by atoms with Crippen molar-refractivity contribution < 1.29 is 23.8 Å². The summed E-state index contributed by atoms with van der Waals surface area (Å²) >= 11 is 1.44. The van der Waals surface area contributed by atoms with Crippen molar-refractivity contribution in [3.63, 3.8) is 0 Å². The molecule has 0 spiro atoms. The number of methoxy groups -OCH3 is 3. The second-order valence-corrected chi connectivity index (χ2v) is 7.24. The summed E-state index contributed by atoms with van der Waals surface area (Å²) < 4.78 is 15.9. The highest BCUT2D eigenvalue weighted by atomic mass is 32.1. The fraction of sp³-hybridized carbons (Fsp3) is 0.400.